The second-order valence-electron chi connectivity index (χ2n) is 5.47. The van der Waals surface area contributed by atoms with Crippen molar-refractivity contribution in [3.8, 4) is 0 Å². The van der Waals surface area contributed by atoms with Gasteiger partial charge in [-0.25, -0.2) is 0 Å². The van der Waals surface area contributed by atoms with E-state index in [-0.39, 0.29) is 18.3 Å². The number of hydrogen-bond acceptors (Lipinski definition) is 3. The Kier molecular flexibility index (Phi) is 7.42. The molecule has 1 amide bonds. The summed E-state index contributed by atoms with van der Waals surface area (Å²) in [5, 5.41) is 7.23. The van der Waals surface area contributed by atoms with E-state index < -0.39 is 0 Å². The third kappa shape index (κ3) is 4.75. The Balaban J connectivity index is 0.00000242. The van der Waals surface area contributed by atoms with Gasteiger partial charge in [0.25, 0.3) is 0 Å². The van der Waals surface area contributed by atoms with Crippen molar-refractivity contribution in [2.45, 2.75) is 33.6 Å². The molecular formula is C17H25ClN2O2. The van der Waals surface area contributed by atoms with Crippen LogP contribution < -0.4 is 10.6 Å². The minimum absolute atomic E-state index is 0. The van der Waals surface area contributed by atoms with E-state index in [0.717, 1.165) is 36.0 Å². The number of rotatable bonds is 7. The Morgan fingerprint density at radius 2 is 1.86 bits per heavy atom. The highest BCUT2D eigenvalue weighted by Crippen LogP contribution is 2.25. The van der Waals surface area contributed by atoms with Gasteiger partial charge in [0.15, 0.2) is 0 Å². The predicted octanol–water partition coefficient (Wildman–Crippen LogP) is 3.13. The van der Waals surface area contributed by atoms with Crippen LogP contribution in [0.25, 0.3) is 11.0 Å². The Morgan fingerprint density at radius 3 is 2.59 bits per heavy atom. The molecule has 0 saturated carbocycles. The van der Waals surface area contributed by atoms with Crippen LogP contribution in [0.5, 0.6) is 0 Å². The van der Waals surface area contributed by atoms with Crippen molar-refractivity contribution in [2.75, 3.05) is 19.6 Å². The Morgan fingerprint density at radius 1 is 1.14 bits per heavy atom. The molecule has 0 atom stereocenters. The van der Waals surface area contributed by atoms with Gasteiger partial charge in [-0.3, -0.25) is 4.79 Å². The maximum absolute atomic E-state index is 12.0. The molecule has 2 aromatic rings. The zero-order valence-electron chi connectivity index (χ0n) is 13.5. The summed E-state index contributed by atoms with van der Waals surface area (Å²) in [6.07, 6.45) is 3.16. The zero-order chi connectivity index (χ0) is 15.2. The number of halogens is 1. The van der Waals surface area contributed by atoms with Crippen molar-refractivity contribution in [2.24, 2.45) is 0 Å². The molecule has 4 nitrogen and oxygen atoms in total. The number of hydrogen-bond donors (Lipinski definition) is 2. The molecule has 122 valence electrons. The molecule has 2 N–H and O–H groups in total. The topological polar surface area (TPSA) is 54.3 Å². The first-order chi connectivity index (χ1) is 10.1. The summed E-state index contributed by atoms with van der Waals surface area (Å²) >= 11 is 0. The summed E-state index contributed by atoms with van der Waals surface area (Å²) in [6, 6.07) is 4.13. The van der Waals surface area contributed by atoms with E-state index in [0.29, 0.717) is 13.0 Å². The van der Waals surface area contributed by atoms with Crippen LogP contribution in [0, 0.1) is 13.8 Å². The molecule has 0 unspecified atom stereocenters. The van der Waals surface area contributed by atoms with Gasteiger partial charge in [-0.1, -0.05) is 6.92 Å². The first-order valence-corrected chi connectivity index (χ1v) is 7.56. The number of aryl methyl sites for hydroxylation is 2. The lowest BCUT2D eigenvalue weighted by Gasteiger charge is -2.06. The van der Waals surface area contributed by atoms with Crippen molar-refractivity contribution in [3.63, 3.8) is 0 Å². The lowest BCUT2D eigenvalue weighted by Crippen LogP contribution is -2.32. The zero-order valence-corrected chi connectivity index (χ0v) is 14.3. The molecule has 0 bridgehead atoms. The van der Waals surface area contributed by atoms with Gasteiger partial charge in [0, 0.05) is 24.0 Å². The Hall–Kier alpha value is -1.52. The molecule has 0 aliphatic carbocycles. The molecule has 0 fully saturated rings. The molecule has 0 radical (unpaired) electrons. The van der Waals surface area contributed by atoms with Gasteiger partial charge >= 0.3 is 0 Å². The summed E-state index contributed by atoms with van der Waals surface area (Å²) in [7, 11) is 0. The Bertz CT molecular complexity index is 622. The highest BCUT2D eigenvalue weighted by molar-refractivity contribution is 5.88. The predicted molar refractivity (Wildman–Crippen MR) is 92.8 cm³/mol. The minimum atomic E-state index is 0. The van der Waals surface area contributed by atoms with Crippen molar-refractivity contribution in [1.82, 2.24) is 10.6 Å². The SMILES string of the molecule is CCCNCCNC(=O)Cc1coc2cc(C)c(C)cc12.Cl. The molecule has 0 spiro atoms. The first kappa shape index (κ1) is 18.5. The average Bonchev–Trinajstić information content (AvgIpc) is 2.81. The van der Waals surface area contributed by atoms with E-state index in [2.05, 4.69) is 37.5 Å². The fourth-order valence-corrected chi connectivity index (χ4v) is 2.30. The smallest absolute Gasteiger partial charge is 0.224 e. The van der Waals surface area contributed by atoms with E-state index in [1.54, 1.807) is 6.26 Å². The van der Waals surface area contributed by atoms with Crippen LogP contribution in [-0.2, 0) is 11.2 Å². The highest BCUT2D eigenvalue weighted by Gasteiger charge is 2.11. The van der Waals surface area contributed by atoms with Crippen LogP contribution in [0.15, 0.2) is 22.8 Å². The van der Waals surface area contributed by atoms with Gasteiger partial charge in [0.1, 0.15) is 5.58 Å². The second kappa shape index (κ2) is 8.81. The number of benzene rings is 1. The minimum Gasteiger partial charge on any atom is -0.464 e. The van der Waals surface area contributed by atoms with E-state index in [9.17, 15) is 4.79 Å². The van der Waals surface area contributed by atoms with Gasteiger partial charge in [-0.15, -0.1) is 12.4 Å². The van der Waals surface area contributed by atoms with Crippen LogP contribution in [-0.4, -0.2) is 25.5 Å². The standard InChI is InChI=1S/C17H24N2O2.ClH/c1-4-5-18-6-7-19-17(20)10-14-11-21-16-9-13(3)12(2)8-15(14)16;/h8-9,11,18H,4-7,10H2,1-3H3,(H,19,20);1H. The number of furan rings is 1. The lowest BCUT2D eigenvalue weighted by molar-refractivity contribution is -0.120. The van der Waals surface area contributed by atoms with Crippen LogP contribution in [0.2, 0.25) is 0 Å². The molecular weight excluding hydrogens is 300 g/mol. The molecule has 0 aliphatic heterocycles. The monoisotopic (exact) mass is 324 g/mol. The summed E-state index contributed by atoms with van der Waals surface area (Å²) in [4.78, 5) is 12.0. The summed E-state index contributed by atoms with van der Waals surface area (Å²) in [5.41, 5.74) is 4.22. The van der Waals surface area contributed by atoms with Crippen molar-refractivity contribution in [3.05, 3.63) is 35.1 Å². The van der Waals surface area contributed by atoms with Crippen molar-refractivity contribution < 1.29 is 9.21 Å². The van der Waals surface area contributed by atoms with E-state index in [1.165, 1.54) is 11.1 Å². The van der Waals surface area contributed by atoms with E-state index in [4.69, 9.17) is 4.42 Å². The van der Waals surface area contributed by atoms with Crippen LogP contribution >= 0.6 is 12.4 Å². The normalized spacial score (nSPS) is 10.5. The third-order valence-corrected chi connectivity index (χ3v) is 3.67. The van der Waals surface area contributed by atoms with Gasteiger partial charge in [-0.05, 0) is 50.1 Å². The number of fused-ring (bicyclic) bond motifs is 1. The number of nitrogens with one attached hydrogen (secondary N) is 2. The van der Waals surface area contributed by atoms with Crippen molar-refractivity contribution >= 4 is 29.3 Å². The first-order valence-electron chi connectivity index (χ1n) is 7.56. The molecule has 1 heterocycles. The largest absolute Gasteiger partial charge is 0.464 e. The van der Waals surface area contributed by atoms with Crippen LogP contribution in [0.3, 0.4) is 0 Å². The fraction of sp³-hybridized carbons (Fsp3) is 0.471. The summed E-state index contributed by atoms with van der Waals surface area (Å²) in [5.74, 6) is 0.0363. The molecule has 1 aromatic heterocycles. The summed E-state index contributed by atoms with van der Waals surface area (Å²) in [6.45, 7) is 8.72. The highest BCUT2D eigenvalue weighted by atomic mass is 35.5. The molecule has 22 heavy (non-hydrogen) atoms. The van der Waals surface area contributed by atoms with Gasteiger partial charge in [-0.2, -0.15) is 0 Å². The van der Waals surface area contributed by atoms with Crippen molar-refractivity contribution in [1.29, 1.82) is 0 Å². The maximum Gasteiger partial charge on any atom is 0.224 e. The van der Waals surface area contributed by atoms with E-state index in [1.807, 2.05) is 6.07 Å². The average molecular weight is 325 g/mol. The number of carbonyl (C=O) groups excluding carboxylic acids is 1. The van der Waals surface area contributed by atoms with Crippen LogP contribution in [0.4, 0.5) is 0 Å². The third-order valence-electron chi connectivity index (χ3n) is 3.67. The van der Waals surface area contributed by atoms with Gasteiger partial charge in [0.2, 0.25) is 5.91 Å². The molecule has 1 aromatic carbocycles. The van der Waals surface area contributed by atoms with Crippen LogP contribution in [0.1, 0.15) is 30.0 Å². The van der Waals surface area contributed by atoms with Gasteiger partial charge < -0.3 is 15.1 Å². The second-order valence-corrected chi connectivity index (χ2v) is 5.47. The van der Waals surface area contributed by atoms with E-state index >= 15 is 0 Å². The quantitative estimate of drug-likeness (QED) is 0.769. The molecule has 0 saturated heterocycles. The lowest BCUT2D eigenvalue weighted by atomic mass is 10.0. The van der Waals surface area contributed by atoms with Gasteiger partial charge in [0.05, 0.1) is 12.7 Å². The Labute approximate surface area is 138 Å². The fourth-order valence-electron chi connectivity index (χ4n) is 2.30. The molecule has 5 heteroatoms. The molecule has 0 aliphatic rings. The number of amides is 1. The summed E-state index contributed by atoms with van der Waals surface area (Å²) < 4.78 is 5.55. The molecule has 2 rings (SSSR count). The number of carbonyl (C=O) groups is 1. The maximum atomic E-state index is 12.0.